The van der Waals surface area contributed by atoms with E-state index in [0.29, 0.717) is 0 Å². The lowest BCUT2D eigenvalue weighted by molar-refractivity contribution is 0.644. The molecule has 2 atom stereocenters. The van der Waals surface area contributed by atoms with Crippen molar-refractivity contribution in [2.75, 3.05) is 9.80 Å². The Labute approximate surface area is 259 Å². The van der Waals surface area contributed by atoms with Gasteiger partial charge in [0.2, 0.25) is 0 Å². The van der Waals surface area contributed by atoms with Crippen molar-refractivity contribution in [3.8, 4) is 0 Å². The molecule has 44 heavy (non-hydrogen) atoms. The Morgan fingerprint density at radius 2 is 0.841 bits per heavy atom. The van der Waals surface area contributed by atoms with Crippen molar-refractivity contribution in [2.45, 2.75) is 5.92 Å². The van der Waals surface area contributed by atoms with Gasteiger partial charge in [0.25, 0.3) is 0 Å². The first-order chi connectivity index (χ1) is 21.9. The molecule has 6 aromatic carbocycles. The van der Waals surface area contributed by atoms with Crippen LogP contribution in [-0.4, -0.2) is 0 Å². The largest absolute Gasteiger partial charge is 0.314 e. The lowest BCUT2D eigenvalue weighted by Gasteiger charge is -2.40. The first-order valence-electron chi connectivity index (χ1n) is 15.3. The summed E-state index contributed by atoms with van der Waals surface area (Å²) >= 11 is 0. The van der Waals surface area contributed by atoms with Crippen LogP contribution in [0.3, 0.4) is 0 Å². The van der Waals surface area contributed by atoms with Gasteiger partial charge in [-0.2, -0.15) is 0 Å². The van der Waals surface area contributed by atoms with E-state index in [9.17, 15) is 0 Å². The number of rotatable bonds is 6. The van der Waals surface area contributed by atoms with Crippen molar-refractivity contribution in [1.82, 2.24) is 0 Å². The number of allylic oxidation sites excluding steroid dienone is 4. The van der Waals surface area contributed by atoms with E-state index in [-0.39, 0.29) is 11.8 Å². The highest BCUT2D eigenvalue weighted by Crippen LogP contribution is 2.51. The van der Waals surface area contributed by atoms with Crippen LogP contribution < -0.4 is 9.80 Å². The SMILES string of the molecule is C1=CC2C(N(c3ccccc3)c3ccccc3)=Cc3c(cc(N(c4ccccc4)c4ccccc4)c4ccccc34)C2C=C1. The van der Waals surface area contributed by atoms with Gasteiger partial charge in [0, 0.05) is 45.7 Å². The highest BCUT2D eigenvalue weighted by Gasteiger charge is 2.35. The second kappa shape index (κ2) is 11.2. The molecule has 0 saturated heterocycles. The number of anilines is 5. The van der Waals surface area contributed by atoms with Gasteiger partial charge in [-0.1, -0.05) is 121 Å². The molecule has 0 aliphatic heterocycles. The maximum atomic E-state index is 2.45. The highest BCUT2D eigenvalue weighted by atomic mass is 15.2. The zero-order valence-corrected chi connectivity index (χ0v) is 24.4. The molecule has 0 radical (unpaired) electrons. The van der Waals surface area contributed by atoms with Crippen LogP contribution in [0.5, 0.6) is 0 Å². The standard InChI is InChI=1S/C42H32N2/c1-5-17-31(18-6-1)43(32-19-7-2-8-20-32)41-29-39-36-26-14-16-28-38(36)42(30-40(39)35-25-13-15-27-37(35)41)44(33-21-9-3-10-22-33)34-23-11-4-12-24-34/h1-30,35,37H. The molecular weight excluding hydrogens is 532 g/mol. The highest BCUT2D eigenvalue weighted by molar-refractivity contribution is 6.05. The molecular formula is C42H32N2. The molecule has 0 spiro atoms. The Bertz CT molecular complexity index is 1930. The van der Waals surface area contributed by atoms with Crippen LogP contribution >= 0.6 is 0 Å². The molecule has 8 rings (SSSR count). The van der Waals surface area contributed by atoms with Crippen LogP contribution in [0.4, 0.5) is 28.4 Å². The predicted molar refractivity (Wildman–Crippen MR) is 186 cm³/mol. The van der Waals surface area contributed by atoms with Crippen LogP contribution in [0, 0.1) is 5.92 Å². The summed E-state index contributed by atoms with van der Waals surface area (Å²) in [5.74, 6) is 0.380. The fourth-order valence-electron chi connectivity index (χ4n) is 6.85. The van der Waals surface area contributed by atoms with Crippen molar-refractivity contribution in [3.63, 3.8) is 0 Å². The van der Waals surface area contributed by atoms with Crippen molar-refractivity contribution >= 4 is 45.3 Å². The number of fused-ring (bicyclic) bond motifs is 5. The summed E-state index contributed by atoms with van der Waals surface area (Å²) in [5.41, 5.74) is 9.73. The minimum absolute atomic E-state index is 0.184. The van der Waals surface area contributed by atoms with Crippen molar-refractivity contribution in [1.29, 1.82) is 0 Å². The fourth-order valence-corrected chi connectivity index (χ4v) is 6.85. The van der Waals surface area contributed by atoms with E-state index in [2.05, 4.69) is 192 Å². The summed E-state index contributed by atoms with van der Waals surface area (Å²) in [5, 5.41) is 2.49. The second-order valence-corrected chi connectivity index (χ2v) is 11.3. The molecule has 0 aromatic heterocycles. The Morgan fingerprint density at radius 1 is 0.409 bits per heavy atom. The molecule has 210 valence electrons. The fraction of sp³-hybridized carbons (Fsp3) is 0.0476. The molecule has 0 heterocycles. The summed E-state index contributed by atoms with van der Waals surface area (Å²) < 4.78 is 0. The van der Waals surface area contributed by atoms with E-state index in [1.165, 1.54) is 33.3 Å². The zero-order chi connectivity index (χ0) is 29.3. The molecule has 2 unspecified atom stereocenters. The third-order valence-electron chi connectivity index (χ3n) is 8.78. The number of hydrogen-bond acceptors (Lipinski definition) is 2. The van der Waals surface area contributed by atoms with Gasteiger partial charge in [-0.05, 0) is 77.2 Å². The monoisotopic (exact) mass is 564 g/mol. The van der Waals surface area contributed by atoms with Gasteiger partial charge in [-0.3, -0.25) is 0 Å². The van der Waals surface area contributed by atoms with Crippen LogP contribution in [0.2, 0.25) is 0 Å². The van der Waals surface area contributed by atoms with Gasteiger partial charge < -0.3 is 9.80 Å². The van der Waals surface area contributed by atoms with Gasteiger partial charge in [-0.15, -0.1) is 0 Å². The van der Waals surface area contributed by atoms with E-state index in [0.717, 1.165) is 22.7 Å². The minimum Gasteiger partial charge on any atom is -0.314 e. The first-order valence-corrected chi connectivity index (χ1v) is 15.3. The zero-order valence-electron chi connectivity index (χ0n) is 24.4. The van der Waals surface area contributed by atoms with Crippen LogP contribution in [0.15, 0.2) is 182 Å². The molecule has 2 aliphatic rings. The molecule has 0 fully saturated rings. The van der Waals surface area contributed by atoms with E-state index < -0.39 is 0 Å². The van der Waals surface area contributed by atoms with Crippen molar-refractivity contribution in [3.05, 3.63) is 193 Å². The van der Waals surface area contributed by atoms with Crippen LogP contribution in [-0.2, 0) is 0 Å². The number of nitrogens with zero attached hydrogens (tertiary/aromatic N) is 2. The lowest BCUT2D eigenvalue weighted by atomic mass is 9.73. The molecule has 6 aromatic rings. The number of benzene rings is 6. The maximum Gasteiger partial charge on any atom is 0.0543 e. The van der Waals surface area contributed by atoms with Crippen molar-refractivity contribution < 1.29 is 0 Å². The number of hydrogen-bond donors (Lipinski definition) is 0. The summed E-state index contributed by atoms with van der Waals surface area (Å²) in [6.07, 6.45) is 11.6. The molecule has 2 nitrogen and oxygen atoms in total. The minimum atomic E-state index is 0.184. The summed E-state index contributed by atoms with van der Waals surface area (Å²) in [4.78, 5) is 4.84. The average molecular weight is 565 g/mol. The predicted octanol–water partition coefficient (Wildman–Crippen LogP) is 11.3. The topological polar surface area (TPSA) is 6.48 Å². The van der Waals surface area contributed by atoms with Gasteiger partial charge in [0.15, 0.2) is 0 Å². The van der Waals surface area contributed by atoms with Crippen LogP contribution in [0.25, 0.3) is 16.8 Å². The second-order valence-electron chi connectivity index (χ2n) is 11.3. The van der Waals surface area contributed by atoms with Gasteiger partial charge in [-0.25, -0.2) is 0 Å². The van der Waals surface area contributed by atoms with Crippen molar-refractivity contribution in [2.24, 2.45) is 5.92 Å². The molecule has 0 saturated carbocycles. The quantitative estimate of drug-likeness (QED) is 0.198. The van der Waals surface area contributed by atoms with E-state index in [4.69, 9.17) is 0 Å². The molecule has 2 heteroatoms. The smallest absolute Gasteiger partial charge is 0.0543 e. The van der Waals surface area contributed by atoms with E-state index in [1.807, 2.05) is 0 Å². The van der Waals surface area contributed by atoms with Gasteiger partial charge in [0.1, 0.15) is 0 Å². The molecule has 0 bridgehead atoms. The normalized spacial score (nSPS) is 16.6. The maximum absolute atomic E-state index is 2.45. The van der Waals surface area contributed by atoms with Gasteiger partial charge >= 0.3 is 0 Å². The Kier molecular flexibility index (Phi) is 6.66. The first kappa shape index (κ1) is 26.1. The number of para-hydroxylation sites is 4. The third-order valence-corrected chi connectivity index (χ3v) is 8.78. The third kappa shape index (κ3) is 4.53. The lowest BCUT2D eigenvalue weighted by Crippen LogP contribution is -2.29. The molecule has 2 aliphatic carbocycles. The Morgan fingerprint density at radius 3 is 1.36 bits per heavy atom. The average Bonchev–Trinajstić information content (AvgIpc) is 3.11. The summed E-state index contributed by atoms with van der Waals surface area (Å²) in [6, 6.07) is 54.3. The van der Waals surface area contributed by atoms with Crippen LogP contribution in [0.1, 0.15) is 17.0 Å². The van der Waals surface area contributed by atoms with E-state index >= 15 is 0 Å². The summed E-state index contributed by atoms with van der Waals surface area (Å²) in [6.45, 7) is 0. The van der Waals surface area contributed by atoms with Gasteiger partial charge in [0.05, 0.1) is 5.69 Å². The summed E-state index contributed by atoms with van der Waals surface area (Å²) in [7, 11) is 0. The molecule has 0 N–H and O–H groups in total. The Hall–Kier alpha value is -5.60. The van der Waals surface area contributed by atoms with E-state index in [1.54, 1.807) is 0 Å². The molecule has 0 amide bonds. The Balaban J connectivity index is 1.40.